The average molecular weight is 500 g/mol. The second kappa shape index (κ2) is 10.1. The van der Waals surface area contributed by atoms with Crippen LogP contribution in [0.25, 0.3) is 0 Å². The Bertz CT molecular complexity index is 1230. The van der Waals surface area contributed by atoms with Crippen LogP contribution in [0.5, 0.6) is 5.75 Å². The quantitative estimate of drug-likeness (QED) is 0.429. The molecule has 0 radical (unpaired) electrons. The van der Waals surface area contributed by atoms with Gasteiger partial charge in [0.2, 0.25) is 0 Å². The molecule has 0 bridgehead atoms. The van der Waals surface area contributed by atoms with E-state index >= 15 is 0 Å². The average Bonchev–Trinajstić information content (AvgIpc) is 2.95. The van der Waals surface area contributed by atoms with Gasteiger partial charge in [0.1, 0.15) is 11.4 Å². The van der Waals surface area contributed by atoms with E-state index in [1.807, 2.05) is 12.1 Å². The Balaban J connectivity index is 1.33. The second-order valence-corrected chi connectivity index (χ2v) is 10.8. The topological polar surface area (TPSA) is 51.2 Å². The maximum absolute atomic E-state index is 10.2. The standard InChI is InChI=1S/C32H37NO4/c1-35-31(36-2)24-15-18-33(19-16-24)26-11-9-23(10-12-26)30-28-14-13-27(34)20-25(28)21-37-32(30)17-5-7-22-6-3-4-8-29(22)32/h3-4,6,8-14,20,24,30-31,34H,5,7,15-19,21H2,1-2H3. The van der Waals surface area contributed by atoms with E-state index in [9.17, 15) is 5.11 Å². The number of fused-ring (bicyclic) bond motifs is 3. The molecule has 3 aromatic rings. The monoisotopic (exact) mass is 499 g/mol. The van der Waals surface area contributed by atoms with Crippen molar-refractivity contribution in [2.24, 2.45) is 5.92 Å². The Kier molecular flexibility index (Phi) is 6.70. The Labute approximate surface area is 220 Å². The van der Waals surface area contributed by atoms with E-state index in [0.29, 0.717) is 18.3 Å². The Hall–Kier alpha value is -2.86. The Morgan fingerprint density at radius 2 is 1.70 bits per heavy atom. The van der Waals surface area contributed by atoms with E-state index < -0.39 is 5.60 Å². The van der Waals surface area contributed by atoms with Crippen molar-refractivity contribution in [3.63, 3.8) is 0 Å². The normalized spacial score (nSPS) is 23.8. The van der Waals surface area contributed by atoms with Gasteiger partial charge in [-0.1, -0.05) is 42.5 Å². The molecule has 0 saturated carbocycles. The molecule has 1 saturated heterocycles. The maximum atomic E-state index is 10.2. The summed E-state index contributed by atoms with van der Waals surface area (Å²) in [5.41, 5.74) is 7.19. The first-order valence-electron chi connectivity index (χ1n) is 13.6. The van der Waals surface area contributed by atoms with E-state index in [2.05, 4.69) is 59.5 Å². The summed E-state index contributed by atoms with van der Waals surface area (Å²) in [6.45, 7) is 2.52. The molecule has 1 N–H and O–H groups in total. The summed E-state index contributed by atoms with van der Waals surface area (Å²) in [6.07, 6.45) is 5.19. The van der Waals surface area contributed by atoms with E-state index in [0.717, 1.165) is 50.8 Å². The number of methoxy groups -OCH3 is 2. The fraction of sp³-hybridized carbons (Fsp3) is 0.438. The van der Waals surface area contributed by atoms with E-state index in [4.69, 9.17) is 14.2 Å². The molecule has 194 valence electrons. The van der Waals surface area contributed by atoms with Crippen LogP contribution in [0.3, 0.4) is 0 Å². The molecule has 2 aliphatic heterocycles. The zero-order valence-corrected chi connectivity index (χ0v) is 21.9. The molecule has 37 heavy (non-hydrogen) atoms. The predicted octanol–water partition coefficient (Wildman–Crippen LogP) is 6.12. The highest BCUT2D eigenvalue weighted by molar-refractivity contribution is 5.54. The number of ether oxygens (including phenoxy) is 3. The van der Waals surface area contributed by atoms with Crippen molar-refractivity contribution in [2.75, 3.05) is 32.2 Å². The number of anilines is 1. The summed E-state index contributed by atoms with van der Waals surface area (Å²) >= 11 is 0. The largest absolute Gasteiger partial charge is 0.508 e. The van der Waals surface area contributed by atoms with Gasteiger partial charge in [-0.05, 0) is 84.2 Å². The maximum Gasteiger partial charge on any atom is 0.159 e. The van der Waals surface area contributed by atoms with Crippen LogP contribution in [0.4, 0.5) is 5.69 Å². The third kappa shape index (κ3) is 4.33. The van der Waals surface area contributed by atoms with Crippen LogP contribution in [0.15, 0.2) is 66.7 Å². The molecule has 2 heterocycles. The van der Waals surface area contributed by atoms with Gasteiger partial charge in [-0.3, -0.25) is 0 Å². The number of phenolic OH excluding ortho intramolecular Hbond substituents is 1. The molecule has 1 aliphatic carbocycles. The first kappa shape index (κ1) is 24.5. The molecule has 6 rings (SSSR count). The number of piperidine rings is 1. The minimum atomic E-state index is -0.395. The van der Waals surface area contributed by atoms with Crippen LogP contribution >= 0.6 is 0 Å². The molecule has 2 unspecified atom stereocenters. The smallest absolute Gasteiger partial charge is 0.159 e. The van der Waals surface area contributed by atoms with Gasteiger partial charge in [-0.15, -0.1) is 0 Å². The van der Waals surface area contributed by atoms with Gasteiger partial charge in [0, 0.05) is 44.8 Å². The van der Waals surface area contributed by atoms with Crippen LogP contribution in [-0.2, 0) is 32.8 Å². The third-order valence-electron chi connectivity index (χ3n) is 8.84. The predicted molar refractivity (Wildman–Crippen MR) is 145 cm³/mol. The lowest BCUT2D eigenvalue weighted by molar-refractivity contribution is -0.141. The lowest BCUT2D eigenvalue weighted by Gasteiger charge is -2.48. The lowest BCUT2D eigenvalue weighted by atomic mass is 9.65. The Morgan fingerprint density at radius 3 is 2.46 bits per heavy atom. The van der Waals surface area contributed by atoms with Crippen molar-refractivity contribution >= 4 is 5.69 Å². The number of benzene rings is 3. The van der Waals surface area contributed by atoms with Crippen LogP contribution in [0, 0.1) is 5.92 Å². The Morgan fingerprint density at radius 1 is 0.946 bits per heavy atom. The van der Waals surface area contributed by atoms with Crippen molar-refractivity contribution < 1.29 is 19.3 Å². The highest BCUT2D eigenvalue weighted by Crippen LogP contribution is 2.55. The molecule has 5 heteroatoms. The minimum Gasteiger partial charge on any atom is -0.508 e. The number of rotatable bonds is 5. The van der Waals surface area contributed by atoms with Gasteiger partial charge >= 0.3 is 0 Å². The van der Waals surface area contributed by atoms with Crippen LogP contribution in [0.2, 0.25) is 0 Å². The number of hydrogen-bond donors (Lipinski definition) is 1. The molecule has 0 aromatic heterocycles. The SMILES string of the molecule is COC(OC)C1CCN(c2ccc(C3c4ccc(O)cc4COC34CCCc3ccccc34)cc2)CC1. The number of phenols is 1. The van der Waals surface area contributed by atoms with Crippen LogP contribution in [-0.4, -0.2) is 38.7 Å². The highest BCUT2D eigenvalue weighted by Gasteiger charge is 2.49. The summed E-state index contributed by atoms with van der Waals surface area (Å²) in [5.74, 6) is 0.801. The summed E-state index contributed by atoms with van der Waals surface area (Å²) < 4.78 is 17.9. The summed E-state index contributed by atoms with van der Waals surface area (Å²) in [5, 5.41) is 10.2. The molecule has 1 spiro atoms. The van der Waals surface area contributed by atoms with Crippen molar-refractivity contribution in [1.29, 1.82) is 0 Å². The van der Waals surface area contributed by atoms with Gasteiger partial charge in [0.15, 0.2) is 6.29 Å². The lowest BCUT2D eigenvalue weighted by Crippen LogP contribution is -2.43. The molecule has 5 nitrogen and oxygen atoms in total. The highest BCUT2D eigenvalue weighted by atomic mass is 16.7. The molecule has 0 amide bonds. The first-order chi connectivity index (χ1) is 18.1. The fourth-order valence-corrected chi connectivity index (χ4v) is 7.05. The number of aryl methyl sites for hydroxylation is 1. The van der Waals surface area contributed by atoms with Crippen molar-refractivity contribution in [3.05, 3.63) is 94.5 Å². The second-order valence-electron chi connectivity index (χ2n) is 10.8. The zero-order chi connectivity index (χ0) is 25.4. The fourth-order valence-electron chi connectivity index (χ4n) is 7.05. The molecule has 3 aromatic carbocycles. The molecule has 3 aliphatic rings. The van der Waals surface area contributed by atoms with Gasteiger partial charge in [-0.2, -0.15) is 0 Å². The van der Waals surface area contributed by atoms with E-state index in [-0.39, 0.29) is 12.2 Å². The van der Waals surface area contributed by atoms with Crippen LogP contribution < -0.4 is 4.90 Å². The molecular formula is C32H37NO4. The molecular weight excluding hydrogens is 462 g/mol. The first-order valence-corrected chi connectivity index (χ1v) is 13.6. The molecule has 1 fully saturated rings. The van der Waals surface area contributed by atoms with Gasteiger partial charge in [-0.25, -0.2) is 0 Å². The van der Waals surface area contributed by atoms with E-state index in [1.165, 1.54) is 27.9 Å². The third-order valence-corrected chi connectivity index (χ3v) is 8.84. The van der Waals surface area contributed by atoms with Crippen LogP contribution in [0.1, 0.15) is 59.4 Å². The van der Waals surface area contributed by atoms with E-state index in [1.54, 1.807) is 14.2 Å². The number of aromatic hydroxyl groups is 1. The van der Waals surface area contributed by atoms with Gasteiger partial charge < -0.3 is 24.2 Å². The van der Waals surface area contributed by atoms with Crippen molar-refractivity contribution in [1.82, 2.24) is 0 Å². The van der Waals surface area contributed by atoms with Gasteiger partial charge in [0.25, 0.3) is 0 Å². The zero-order valence-electron chi connectivity index (χ0n) is 21.9. The van der Waals surface area contributed by atoms with Gasteiger partial charge in [0.05, 0.1) is 6.61 Å². The molecule has 2 atom stereocenters. The number of hydrogen-bond acceptors (Lipinski definition) is 5. The summed E-state index contributed by atoms with van der Waals surface area (Å²) in [7, 11) is 3.45. The van der Waals surface area contributed by atoms with Crippen molar-refractivity contribution in [2.45, 2.75) is 56.5 Å². The summed E-state index contributed by atoms with van der Waals surface area (Å²) in [6, 6.07) is 23.7. The van der Waals surface area contributed by atoms with Crippen molar-refractivity contribution in [3.8, 4) is 5.75 Å². The summed E-state index contributed by atoms with van der Waals surface area (Å²) in [4.78, 5) is 2.47. The number of nitrogens with zero attached hydrogens (tertiary/aromatic N) is 1. The minimum absolute atomic E-state index is 0.0715.